The molecule has 266 valence electrons. The molecule has 10 nitrogen and oxygen atoms in total. The van der Waals surface area contributed by atoms with E-state index in [-0.39, 0.29) is 54.6 Å². The number of amidine groups is 1. The molecule has 2 aromatic carbocycles. The van der Waals surface area contributed by atoms with Gasteiger partial charge in [-0.2, -0.15) is 0 Å². The number of piperidine rings is 1. The van der Waals surface area contributed by atoms with Gasteiger partial charge >= 0.3 is 0 Å². The Bertz CT molecular complexity index is 1630. The van der Waals surface area contributed by atoms with Crippen molar-refractivity contribution in [3.63, 3.8) is 0 Å². The molecule has 1 saturated carbocycles. The minimum absolute atomic E-state index is 0.0257. The lowest BCUT2D eigenvalue weighted by Gasteiger charge is -2.30. The van der Waals surface area contributed by atoms with E-state index in [1.807, 2.05) is 42.5 Å². The van der Waals surface area contributed by atoms with Crippen LogP contribution in [0.3, 0.4) is 0 Å². The molecule has 1 aromatic heterocycles. The minimum atomic E-state index is -0.755. The number of nitrogens with two attached hydrogens (primary N) is 1. The van der Waals surface area contributed by atoms with Crippen LogP contribution in [0.25, 0.3) is 0 Å². The molecule has 3 heterocycles. The number of nitrogens with zero attached hydrogens (tertiary/aromatic N) is 1. The van der Waals surface area contributed by atoms with Gasteiger partial charge in [-0.25, -0.2) is 0 Å². The largest absolute Gasteiger partial charge is 0.384 e. The summed E-state index contributed by atoms with van der Waals surface area (Å²) in [6.45, 7) is 2.74. The summed E-state index contributed by atoms with van der Waals surface area (Å²) < 4.78 is 6.27. The summed E-state index contributed by atoms with van der Waals surface area (Å²) in [6, 6.07) is 17.9. The van der Waals surface area contributed by atoms with Crippen molar-refractivity contribution in [3.8, 4) is 0 Å². The average Bonchev–Trinajstić information content (AvgIpc) is 3.51. The molecule has 3 fully saturated rings. The first-order valence-electron chi connectivity index (χ1n) is 17.6. The highest BCUT2D eigenvalue weighted by Crippen LogP contribution is 2.41. The van der Waals surface area contributed by atoms with Crippen molar-refractivity contribution in [1.82, 2.24) is 20.9 Å². The first-order valence-corrected chi connectivity index (χ1v) is 18.9. The SMILES string of the molecule is N=C(N)c1csc(CNC(=O)[C@@H]2C[C@@H](OCc3ccc(Cl)cc3)CN2C(=O)[C@@H](CCC2CCNCC2)NC(=O)[C@H]2CC2Cc2ccccc2)c1. The molecule has 0 spiro atoms. The fourth-order valence-electron chi connectivity index (χ4n) is 7.13. The van der Waals surface area contributed by atoms with E-state index in [0.717, 1.165) is 55.6 Å². The van der Waals surface area contributed by atoms with Crippen molar-refractivity contribution in [2.24, 2.45) is 23.5 Å². The Morgan fingerprint density at radius 1 is 1.04 bits per heavy atom. The molecule has 5 atom stereocenters. The highest BCUT2D eigenvalue weighted by Gasteiger charge is 2.46. The number of benzene rings is 2. The quantitative estimate of drug-likeness (QED) is 0.114. The van der Waals surface area contributed by atoms with Gasteiger partial charge in [-0.3, -0.25) is 19.8 Å². The second kappa shape index (κ2) is 17.0. The number of likely N-dealkylation sites (tertiary alicyclic amines) is 1. The fraction of sp³-hybridized carbons (Fsp3) is 0.474. The van der Waals surface area contributed by atoms with E-state index in [4.69, 9.17) is 27.5 Å². The third kappa shape index (κ3) is 9.72. The monoisotopic (exact) mass is 718 g/mol. The van der Waals surface area contributed by atoms with Gasteiger partial charge in [0.15, 0.2) is 0 Å². The normalized spacial score (nSPS) is 22.5. The van der Waals surface area contributed by atoms with Gasteiger partial charge in [-0.15, -0.1) is 11.3 Å². The number of amides is 3. The van der Waals surface area contributed by atoms with Crippen LogP contribution in [0.2, 0.25) is 5.02 Å². The molecule has 3 aromatic rings. The summed E-state index contributed by atoms with van der Waals surface area (Å²) in [5.41, 5.74) is 8.40. The lowest BCUT2D eigenvalue weighted by Crippen LogP contribution is -2.54. The van der Waals surface area contributed by atoms with E-state index in [1.165, 1.54) is 16.9 Å². The average molecular weight is 719 g/mol. The highest BCUT2D eigenvalue weighted by molar-refractivity contribution is 7.10. The summed E-state index contributed by atoms with van der Waals surface area (Å²) >= 11 is 7.48. The lowest BCUT2D eigenvalue weighted by molar-refractivity contribution is -0.142. The highest BCUT2D eigenvalue weighted by atomic mass is 35.5. The zero-order chi connectivity index (χ0) is 35.0. The van der Waals surface area contributed by atoms with Crippen LogP contribution in [0.1, 0.15) is 60.1 Å². The van der Waals surface area contributed by atoms with E-state index in [1.54, 1.807) is 16.3 Å². The molecular formula is C38H47ClN6O4S. The van der Waals surface area contributed by atoms with Gasteiger partial charge < -0.3 is 31.3 Å². The van der Waals surface area contributed by atoms with Gasteiger partial charge in [0.25, 0.3) is 0 Å². The summed E-state index contributed by atoms with van der Waals surface area (Å²) in [5, 5.41) is 19.7. The third-order valence-corrected chi connectivity index (χ3v) is 11.4. The van der Waals surface area contributed by atoms with E-state index in [9.17, 15) is 14.4 Å². The topological polar surface area (TPSA) is 150 Å². The summed E-state index contributed by atoms with van der Waals surface area (Å²) in [4.78, 5) is 44.4. The number of ether oxygens (including phenoxy) is 1. The Kier molecular flexibility index (Phi) is 12.2. The molecule has 3 amide bonds. The maximum absolute atomic E-state index is 14.5. The molecule has 3 aliphatic rings. The number of rotatable bonds is 15. The number of hydrogen-bond acceptors (Lipinski definition) is 7. The molecule has 12 heteroatoms. The number of hydrogen-bond donors (Lipinski definition) is 5. The van der Waals surface area contributed by atoms with Crippen LogP contribution in [-0.2, 0) is 38.7 Å². The summed E-state index contributed by atoms with van der Waals surface area (Å²) in [5.74, 6) is 0.000566. The van der Waals surface area contributed by atoms with Crippen molar-refractivity contribution in [1.29, 1.82) is 5.41 Å². The maximum atomic E-state index is 14.5. The van der Waals surface area contributed by atoms with Gasteiger partial charge in [-0.05, 0) is 92.8 Å². The summed E-state index contributed by atoms with van der Waals surface area (Å²) in [6.07, 6.45) is 5.05. The number of nitrogens with one attached hydrogen (secondary N) is 4. The van der Waals surface area contributed by atoms with Gasteiger partial charge in [0.1, 0.15) is 17.9 Å². The zero-order valence-electron chi connectivity index (χ0n) is 28.2. The molecule has 1 unspecified atom stereocenters. The maximum Gasteiger partial charge on any atom is 0.245 e. The number of halogens is 1. The number of carbonyl (C=O) groups excluding carboxylic acids is 3. The molecule has 0 radical (unpaired) electrons. The Morgan fingerprint density at radius 2 is 1.80 bits per heavy atom. The molecule has 2 saturated heterocycles. The van der Waals surface area contributed by atoms with Crippen LogP contribution in [-0.4, -0.2) is 66.3 Å². The van der Waals surface area contributed by atoms with Gasteiger partial charge in [0.05, 0.1) is 19.3 Å². The van der Waals surface area contributed by atoms with Crippen molar-refractivity contribution in [3.05, 3.63) is 92.6 Å². The van der Waals surface area contributed by atoms with E-state index >= 15 is 0 Å². The third-order valence-electron chi connectivity index (χ3n) is 10.2. The predicted octanol–water partition coefficient (Wildman–Crippen LogP) is 4.63. The number of nitrogen functional groups attached to an aromatic ring is 1. The van der Waals surface area contributed by atoms with E-state index in [0.29, 0.717) is 36.0 Å². The molecule has 2 aliphatic heterocycles. The molecule has 6 N–H and O–H groups in total. The zero-order valence-corrected chi connectivity index (χ0v) is 29.8. The fourth-order valence-corrected chi connectivity index (χ4v) is 8.08. The minimum Gasteiger partial charge on any atom is -0.384 e. The number of carbonyl (C=O) groups is 3. The van der Waals surface area contributed by atoms with Crippen molar-refractivity contribution < 1.29 is 19.1 Å². The molecule has 1 aliphatic carbocycles. The second-order valence-corrected chi connectivity index (χ2v) is 15.3. The van der Waals surface area contributed by atoms with E-state index < -0.39 is 12.1 Å². The van der Waals surface area contributed by atoms with Crippen LogP contribution in [0.15, 0.2) is 66.0 Å². The van der Waals surface area contributed by atoms with Crippen molar-refractivity contribution >= 4 is 46.5 Å². The van der Waals surface area contributed by atoms with Crippen LogP contribution < -0.4 is 21.7 Å². The van der Waals surface area contributed by atoms with Gasteiger partial charge in [-0.1, -0.05) is 54.1 Å². The van der Waals surface area contributed by atoms with Crippen molar-refractivity contribution in [2.75, 3.05) is 19.6 Å². The van der Waals surface area contributed by atoms with Crippen LogP contribution in [0, 0.1) is 23.2 Å². The van der Waals surface area contributed by atoms with Crippen molar-refractivity contribution in [2.45, 2.75) is 76.3 Å². The second-order valence-electron chi connectivity index (χ2n) is 13.9. The number of thiophene rings is 1. The van der Waals surface area contributed by atoms with Crippen LogP contribution >= 0.6 is 22.9 Å². The first kappa shape index (κ1) is 36.0. The summed E-state index contributed by atoms with van der Waals surface area (Å²) in [7, 11) is 0. The molecule has 50 heavy (non-hydrogen) atoms. The molecular weight excluding hydrogens is 672 g/mol. The Labute approximate surface area is 303 Å². The molecule has 0 bridgehead atoms. The molecule has 6 rings (SSSR count). The Hall–Kier alpha value is -3.77. The first-order chi connectivity index (χ1) is 24.2. The van der Waals surface area contributed by atoms with Crippen LogP contribution in [0.4, 0.5) is 0 Å². The standard InChI is InChI=1S/C38H47ClN6O4S/c39-29-9-6-26(7-10-29)22-49-30-19-34(37(47)43-20-31-17-28(23-50-31)35(40)41)45(21-30)38(48)33(11-8-24-12-14-42-15-13-24)44-36(46)32-18-27(32)16-25-4-2-1-3-5-25/h1-7,9-10,17,23-24,27,30,32-34,42H,8,11-16,18-22H2,(H3,40,41)(H,43,47)(H,44,46)/t27?,30-,32+,33-,34+/m1/s1. The lowest BCUT2D eigenvalue weighted by atomic mass is 9.91. The Morgan fingerprint density at radius 3 is 2.52 bits per heavy atom. The Balaban J connectivity index is 1.15. The van der Waals surface area contributed by atoms with E-state index in [2.05, 4.69) is 28.1 Å². The van der Waals surface area contributed by atoms with Gasteiger partial charge in [0, 0.05) is 39.7 Å². The predicted molar refractivity (Wildman–Crippen MR) is 196 cm³/mol. The smallest absolute Gasteiger partial charge is 0.245 e. The van der Waals surface area contributed by atoms with Gasteiger partial charge in [0.2, 0.25) is 17.7 Å². The van der Waals surface area contributed by atoms with Crippen LogP contribution in [0.5, 0.6) is 0 Å².